The first-order chi connectivity index (χ1) is 15.2. The summed E-state index contributed by atoms with van der Waals surface area (Å²) in [6.45, 7) is 1.87. The molecule has 4 aromatic rings. The van der Waals surface area contributed by atoms with Crippen LogP contribution in [0.4, 0.5) is 5.95 Å². The van der Waals surface area contributed by atoms with Gasteiger partial charge < -0.3 is 10.2 Å². The summed E-state index contributed by atoms with van der Waals surface area (Å²) >= 11 is 3.05. The Kier molecular flexibility index (Phi) is 5.57. The SMILES string of the molecule is O=C(NCc1cccs1)C1CCCN(c2nc3ccsc3c(=O)n2-c2ccccc2)C1. The topological polar surface area (TPSA) is 67.2 Å². The number of piperidine rings is 1. The van der Waals surface area contributed by atoms with Crippen molar-refractivity contribution in [3.8, 4) is 5.69 Å². The molecule has 0 spiro atoms. The highest BCUT2D eigenvalue weighted by Gasteiger charge is 2.29. The average Bonchev–Trinajstić information content (AvgIpc) is 3.50. The van der Waals surface area contributed by atoms with E-state index in [-0.39, 0.29) is 17.4 Å². The van der Waals surface area contributed by atoms with Gasteiger partial charge in [-0.1, -0.05) is 24.3 Å². The first kappa shape index (κ1) is 20.0. The molecule has 3 aromatic heterocycles. The zero-order chi connectivity index (χ0) is 21.2. The van der Waals surface area contributed by atoms with Gasteiger partial charge in [0.1, 0.15) is 4.70 Å². The molecule has 0 radical (unpaired) electrons. The molecule has 1 aliphatic rings. The molecule has 1 N–H and O–H groups in total. The molecule has 1 fully saturated rings. The van der Waals surface area contributed by atoms with Crippen LogP contribution in [-0.4, -0.2) is 28.5 Å². The van der Waals surface area contributed by atoms with Crippen LogP contribution in [0.15, 0.2) is 64.1 Å². The fraction of sp³-hybridized carbons (Fsp3) is 0.261. The minimum Gasteiger partial charge on any atom is -0.351 e. The molecule has 158 valence electrons. The quantitative estimate of drug-likeness (QED) is 0.498. The van der Waals surface area contributed by atoms with Gasteiger partial charge in [-0.3, -0.25) is 9.59 Å². The maximum Gasteiger partial charge on any atom is 0.277 e. The van der Waals surface area contributed by atoms with Crippen molar-refractivity contribution in [2.24, 2.45) is 5.92 Å². The summed E-state index contributed by atoms with van der Waals surface area (Å²) in [4.78, 5) is 34.2. The number of nitrogens with zero attached hydrogens (tertiary/aromatic N) is 3. The summed E-state index contributed by atoms with van der Waals surface area (Å²) in [6, 6.07) is 15.5. The van der Waals surface area contributed by atoms with Crippen LogP contribution in [0.1, 0.15) is 17.7 Å². The third-order valence-electron chi connectivity index (χ3n) is 5.57. The monoisotopic (exact) mass is 450 g/mol. The van der Waals surface area contributed by atoms with Crippen molar-refractivity contribution in [1.29, 1.82) is 0 Å². The minimum absolute atomic E-state index is 0.0586. The van der Waals surface area contributed by atoms with Gasteiger partial charge in [-0.05, 0) is 47.9 Å². The van der Waals surface area contributed by atoms with E-state index in [4.69, 9.17) is 4.98 Å². The first-order valence-corrected chi connectivity index (χ1v) is 12.1. The lowest BCUT2D eigenvalue weighted by Crippen LogP contribution is -2.45. The summed E-state index contributed by atoms with van der Waals surface area (Å²) < 4.78 is 2.33. The number of para-hydroxylation sites is 1. The van der Waals surface area contributed by atoms with Crippen LogP contribution in [0.3, 0.4) is 0 Å². The molecule has 1 aromatic carbocycles. The van der Waals surface area contributed by atoms with Gasteiger partial charge in [0.2, 0.25) is 11.9 Å². The normalized spacial score (nSPS) is 16.5. The lowest BCUT2D eigenvalue weighted by molar-refractivity contribution is -0.125. The largest absolute Gasteiger partial charge is 0.351 e. The number of amides is 1. The highest BCUT2D eigenvalue weighted by atomic mass is 32.1. The van der Waals surface area contributed by atoms with E-state index in [2.05, 4.69) is 10.2 Å². The third-order valence-corrected chi connectivity index (χ3v) is 7.34. The fourth-order valence-electron chi connectivity index (χ4n) is 4.03. The summed E-state index contributed by atoms with van der Waals surface area (Å²) in [5, 5.41) is 6.98. The van der Waals surface area contributed by atoms with Gasteiger partial charge in [0.15, 0.2) is 0 Å². The van der Waals surface area contributed by atoms with Crippen molar-refractivity contribution in [1.82, 2.24) is 14.9 Å². The van der Waals surface area contributed by atoms with Crippen molar-refractivity contribution in [2.45, 2.75) is 19.4 Å². The highest BCUT2D eigenvalue weighted by Crippen LogP contribution is 2.26. The van der Waals surface area contributed by atoms with Crippen molar-refractivity contribution >= 4 is 44.7 Å². The highest BCUT2D eigenvalue weighted by molar-refractivity contribution is 7.17. The number of carbonyl (C=O) groups excluding carboxylic acids is 1. The maximum atomic E-state index is 13.3. The molecule has 5 rings (SSSR count). The third kappa shape index (κ3) is 4.00. The van der Waals surface area contributed by atoms with Crippen LogP contribution in [0.5, 0.6) is 0 Å². The molecule has 31 heavy (non-hydrogen) atoms. The molecular weight excluding hydrogens is 428 g/mol. The van der Waals surface area contributed by atoms with Crippen molar-refractivity contribution in [3.05, 3.63) is 74.5 Å². The zero-order valence-electron chi connectivity index (χ0n) is 16.9. The number of carbonyl (C=O) groups is 1. The number of benzene rings is 1. The van der Waals surface area contributed by atoms with Crippen molar-refractivity contribution in [2.75, 3.05) is 18.0 Å². The molecule has 6 nitrogen and oxygen atoms in total. The Morgan fingerprint density at radius 1 is 1.10 bits per heavy atom. The second-order valence-corrected chi connectivity index (χ2v) is 9.55. The Labute approximate surface area is 187 Å². The number of aromatic nitrogens is 2. The molecule has 0 saturated carbocycles. The molecule has 8 heteroatoms. The van der Waals surface area contributed by atoms with E-state index in [1.807, 2.05) is 59.3 Å². The zero-order valence-corrected chi connectivity index (χ0v) is 18.5. The van der Waals surface area contributed by atoms with Gasteiger partial charge in [-0.25, -0.2) is 9.55 Å². The molecule has 4 heterocycles. The lowest BCUT2D eigenvalue weighted by Gasteiger charge is -2.34. The molecule has 0 bridgehead atoms. The van der Waals surface area contributed by atoms with Gasteiger partial charge in [0, 0.05) is 18.0 Å². The van der Waals surface area contributed by atoms with E-state index in [0.717, 1.165) is 30.0 Å². The van der Waals surface area contributed by atoms with Gasteiger partial charge in [0.25, 0.3) is 5.56 Å². The predicted octanol–water partition coefficient (Wildman–Crippen LogP) is 4.04. The number of hydrogen-bond acceptors (Lipinski definition) is 6. The number of rotatable bonds is 5. The molecule has 0 aliphatic carbocycles. The Morgan fingerprint density at radius 3 is 2.77 bits per heavy atom. The van der Waals surface area contributed by atoms with Crippen LogP contribution in [0, 0.1) is 5.92 Å². The Balaban J connectivity index is 1.45. The van der Waals surface area contributed by atoms with Gasteiger partial charge in [-0.2, -0.15) is 0 Å². The lowest BCUT2D eigenvalue weighted by atomic mass is 9.97. The van der Waals surface area contributed by atoms with Crippen LogP contribution < -0.4 is 15.8 Å². The van der Waals surface area contributed by atoms with Gasteiger partial charge in [0.05, 0.1) is 23.7 Å². The van der Waals surface area contributed by atoms with Crippen LogP contribution in [-0.2, 0) is 11.3 Å². The standard InChI is InChI=1S/C23H22N4O2S2/c28-21(24-14-18-9-5-12-30-18)16-6-4-11-26(15-16)23-25-19-10-13-31-20(19)22(29)27(23)17-7-2-1-3-8-17/h1-3,5,7-10,12-13,16H,4,6,11,14-15H2,(H,24,28). The van der Waals surface area contributed by atoms with E-state index in [1.165, 1.54) is 11.3 Å². The van der Waals surface area contributed by atoms with E-state index in [9.17, 15) is 9.59 Å². The van der Waals surface area contributed by atoms with E-state index >= 15 is 0 Å². The number of fused-ring (bicyclic) bond motifs is 1. The fourth-order valence-corrected chi connectivity index (χ4v) is 5.43. The smallest absolute Gasteiger partial charge is 0.277 e. The molecular formula is C23H22N4O2S2. The number of hydrogen-bond donors (Lipinski definition) is 1. The number of thiophene rings is 2. The summed E-state index contributed by atoms with van der Waals surface area (Å²) in [5.74, 6) is 0.536. The Hall–Kier alpha value is -2.97. The summed E-state index contributed by atoms with van der Waals surface area (Å²) in [7, 11) is 0. The van der Waals surface area contributed by atoms with E-state index < -0.39 is 0 Å². The Bertz CT molecular complexity index is 1250. The maximum absolute atomic E-state index is 13.3. The van der Waals surface area contributed by atoms with Crippen molar-refractivity contribution in [3.63, 3.8) is 0 Å². The van der Waals surface area contributed by atoms with Crippen molar-refractivity contribution < 1.29 is 4.79 Å². The summed E-state index contributed by atoms with van der Waals surface area (Å²) in [6.07, 6.45) is 1.71. The molecule has 1 aliphatic heterocycles. The Morgan fingerprint density at radius 2 is 1.97 bits per heavy atom. The predicted molar refractivity (Wildman–Crippen MR) is 126 cm³/mol. The van der Waals surface area contributed by atoms with Gasteiger partial charge >= 0.3 is 0 Å². The number of anilines is 1. The molecule has 1 amide bonds. The molecule has 1 saturated heterocycles. The average molecular weight is 451 g/mol. The second-order valence-electron chi connectivity index (χ2n) is 7.61. The van der Waals surface area contributed by atoms with Crippen LogP contribution >= 0.6 is 22.7 Å². The van der Waals surface area contributed by atoms with Gasteiger partial charge in [-0.15, -0.1) is 22.7 Å². The van der Waals surface area contributed by atoms with E-state index in [1.54, 1.807) is 15.9 Å². The molecule has 1 atom stereocenters. The van der Waals surface area contributed by atoms with Crippen LogP contribution in [0.25, 0.3) is 15.9 Å². The number of nitrogens with one attached hydrogen (secondary N) is 1. The minimum atomic E-state index is -0.131. The summed E-state index contributed by atoms with van der Waals surface area (Å²) in [5.41, 5.74) is 1.43. The van der Waals surface area contributed by atoms with E-state index in [0.29, 0.717) is 29.3 Å². The van der Waals surface area contributed by atoms with Crippen LogP contribution in [0.2, 0.25) is 0 Å². The second kappa shape index (κ2) is 8.64. The molecule has 1 unspecified atom stereocenters. The first-order valence-electron chi connectivity index (χ1n) is 10.3.